The largest absolute Gasteiger partial charge is 0.332 e. The molecule has 0 aliphatic carbocycles. The predicted octanol–water partition coefficient (Wildman–Crippen LogP) is 1.61. The van der Waals surface area contributed by atoms with E-state index in [-0.39, 0.29) is 6.04 Å². The van der Waals surface area contributed by atoms with E-state index < -0.39 is 0 Å². The van der Waals surface area contributed by atoms with Gasteiger partial charge in [-0.1, -0.05) is 0 Å². The normalized spacial score (nSPS) is 19.5. The molecule has 5 nitrogen and oxygen atoms in total. The van der Waals surface area contributed by atoms with Crippen LogP contribution in [0.2, 0.25) is 0 Å². The Balaban J connectivity index is 1.91. The quantitative estimate of drug-likeness (QED) is 0.780. The summed E-state index contributed by atoms with van der Waals surface area (Å²) >= 11 is 0. The van der Waals surface area contributed by atoms with E-state index in [2.05, 4.69) is 24.8 Å². The van der Waals surface area contributed by atoms with Gasteiger partial charge in [-0.2, -0.15) is 0 Å². The van der Waals surface area contributed by atoms with Crippen molar-refractivity contribution in [1.82, 2.24) is 19.9 Å². The number of rotatable bonds is 2. The third-order valence-electron chi connectivity index (χ3n) is 2.99. The first-order chi connectivity index (χ1) is 8.45. The summed E-state index contributed by atoms with van der Waals surface area (Å²) in [7, 11) is 0. The molecule has 0 amide bonds. The average Bonchev–Trinajstić information content (AvgIpc) is 2.90. The molecule has 86 valence electrons. The minimum atomic E-state index is 0.256. The van der Waals surface area contributed by atoms with Crippen LogP contribution >= 0.6 is 0 Å². The molecule has 2 aromatic rings. The molecule has 0 bridgehead atoms. The van der Waals surface area contributed by atoms with E-state index in [0.29, 0.717) is 0 Å². The molecule has 1 saturated heterocycles. The number of hydrogen-bond donors (Lipinski definition) is 0. The fraction of sp³-hybridized carbons (Fsp3) is 0.333. The summed E-state index contributed by atoms with van der Waals surface area (Å²) in [6.07, 6.45) is 11.0. The standard InChI is InChI=1S/C12H13N5/c1-3-11(10-9-13-6-7-14-10)17(8-1)12-15-4-2-5-16-12/h2,4-7,9,11H,1,3,8H2. The minimum absolute atomic E-state index is 0.256. The summed E-state index contributed by atoms with van der Waals surface area (Å²) in [5, 5.41) is 0. The monoisotopic (exact) mass is 227 g/mol. The van der Waals surface area contributed by atoms with E-state index in [0.717, 1.165) is 31.0 Å². The third kappa shape index (κ3) is 1.95. The molecule has 0 N–H and O–H groups in total. The topological polar surface area (TPSA) is 54.8 Å². The first-order valence-electron chi connectivity index (χ1n) is 5.75. The van der Waals surface area contributed by atoms with Crippen molar-refractivity contribution in [3.05, 3.63) is 42.7 Å². The fourth-order valence-corrected chi connectivity index (χ4v) is 2.24. The van der Waals surface area contributed by atoms with Crippen molar-refractivity contribution in [1.29, 1.82) is 0 Å². The SMILES string of the molecule is c1cnc(N2CCCC2c2cnccn2)nc1. The summed E-state index contributed by atoms with van der Waals surface area (Å²) in [5.41, 5.74) is 0.998. The van der Waals surface area contributed by atoms with Gasteiger partial charge >= 0.3 is 0 Å². The summed E-state index contributed by atoms with van der Waals surface area (Å²) in [6, 6.07) is 2.09. The first-order valence-corrected chi connectivity index (χ1v) is 5.75. The van der Waals surface area contributed by atoms with Gasteiger partial charge < -0.3 is 4.90 Å². The summed E-state index contributed by atoms with van der Waals surface area (Å²) in [5.74, 6) is 0.778. The molecule has 0 aromatic carbocycles. The van der Waals surface area contributed by atoms with Gasteiger partial charge in [0, 0.05) is 31.3 Å². The van der Waals surface area contributed by atoms with Gasteiger partial charge in [0.25, 0.3) is 0 Å². The Morgan fingerprint density at radius 1 is 1.06 bits per heavy atom. The zero-order chi connectivity index (χ0) is 11.5. The second-order valence-corrected chi connectivity index (χ2v) is 4.03. The highest BCUT2D eigenvalue weighted by Crippen LogP contribution is 2.32. The van der Waals surface area contributed by atoms with Gasteiger partial charge in [-0.25, -0.2) is 9.97 Å². The van der Waals surface area contributed by atoms with Crippen LogP contribution in [0.25, 0.3) is 0 Å². The van der Waals surface area contributed by atoms with Crippen LogP contribution in [-0.4, -0.2) is 26.5 Å². The van der Waals surface area contributed by atoms with Crippen molar-refractivity contribution in [3.8, 4) is 0 Å². The Hall–Kier alpha value is -2.04. The second kappa shape index (κ2) is 4.45. The molecular weight excluding hydrogens is 214 g/mol. The van der Waals surface area contributed by atoms with E-state index in [1.807, 2.05) is 12.3 Å². The van der Waals surface area contributed by atoms with Crippen molar-refractivity contribution >= 4 is 5.95 Å². The predicted molar refractivity (Wildman–Crippen MR) is 63.4 cm³/mol. The van der Waals surface area contributed by atoms with E-state index in [4.69, 9.17) is 0 Å². The smallest absolute Gasteiger partial charge is 0.225 e. The minimum Gasteiger partial charge on any atom is -0.332 e. The Morgan fingerprint density at radius 2 is 1.94 bits per heavy atom. The van der Waals surface area contributed by atoms with Crippen molar-refractivity contribution in [2.75, 3.05) is 11.4 Å². The zero-order valence-electron chi connectivity index (χ0n) is 9.40. The number of aromatic nitrogens is 4. The Labute approximate surface area is 99.6 Å². The average molecular weight is 227 g/mol. The molecular formula is C12H13N5. The van der Waals surface area contributed by atoms with Gasteiger partial charge in [0.15, 0.2) is 0 Å². The molecule has 3 rings (SSSR count). The molecule has 3 heterocycles. The van der Waals surface area contributed by atoms with E-state index in [1.165, 1.54) is 0 Å². The van der Waals surface area contributed by atoms with E-state index >= 15 is 0 Å². The molecule has 1 aliphatic heterocycles. The van der Waals surface area contributed by atoms with E-state index in [9.17, 15) is 0 Å². The Morgan fingerprint density at radius 3 is 2.71 bits per heavy atom. The van der Waals surface area contributed by atoms with Gasteiger partial charge in [0.1, 0.15) is 0 Å². The highest BCUT2D eigenvalue weighted by molar-refractivity contribution is 5.35. The molecule has 1 fully saturated rings. The lowest BCUT2D eigenvalue weighted by atomic mass is 10.1. The molecule has 2 aromatic heterocycles. The van der Waals surface area contributed by atoms with Crippen LogP contribution in [0.5, 0.6) is 0 Å². The number of nitrogens with zero attached hydrogens (tertiary/aromatic N) is 5. The maximum atomic E-state index is 4.38. The van der Waals surface area contributed by atoms with Crippen molar-refractivity contribution in [3.63, 3.8) is 0 Å². The molecule has 1 atom stereocenters. The van der Waals surface area contributed by atoms with Gasteiger partial charge in [0.2, 0.25) is 5.95 Å². The lowest BCUT2D eigenvalue weighted by Crippen LogP contribution is -2.25. The van der Waals surface area contributed by atoms with Crippen LogP contribution in [0.3, 0.4) is 0 Å². The Kier molecular flexibility index (Phi) is 2.65. The fourth-order valence-electron chi connectivity index (χ4n) is 2.24. The Bertz CT molecular complexity index is 427. The lowest BCUT2D eigenvalue weighted by molar-refractivity contribution is 0.675. The molecule has 0 saturated carbocycles. The third-order valence-corrected chi connectivity index (χ3v) is 2.99. The van der Waals surface area contributed by atoms with Crippen molar-refractivity contribution in [2.24, 2.45) is 0 Å². The van der Waals surface area contributed by atoms with Crippen LogP contribution in [0.1, 0.15) is 24.6 Å². The highest BCUT2D eigenvalue weighted by atomic mass is 15.3. The molecule has 1 unspecified atom stereocenters. The van der Waals surface area contributed by atoms with Crippen molar-refractivity contribution in [2.45, 2.75) is 18.9 Å². The molecule has 17 heavy (non-hydrogen) atoms. The molecule has 0 spiro atoms. The zero-order valence-corrected chi connectivity index (χ0v) is 9.40. The van der Waals surface area contributed by atoms with Crippen LogP contribution in [0, 0.1) is 0 Å². The summed E-state index contributed by atoms with van der Waals surface area (Å²) in [6.45, 7) is 0.977. The summed E-state index contributed by atoms with van der Waals surface area (Å²) < 4.78 is 0. The van der Waals surface area contributed by atoms with Crippen LogP contribution < -0.4 is 4.90 Å². The van der Waals surface area contributed by atoms with Gasteiger partial charge in [-0.15, -0.1) is 0 Å². The second-order valence-electron chi connectivity index (χ2n) is 4.03. The molecule has 1 aliphatic rings. The van der Waals surface area contributed by atoms with E-state index in [1.54, 1.807) is 24.8 Å². The van der Waals surface area contributed by atoms with Crippen molar-refractivity contribution < 1.29 is 0 Å². The summed E-state index contributed by atoms with van der Waals surface area (Å²) in [4.78, 5) is 19.3. The van der Waals surface area contributed by atoms with Crippen LogP contribution in [0.15, 0.2) is 37.1 Å². The lowest BCUT2D eigenvalue weighted by Gasteiger charge is -2.23. The maximum absolute atomic E-state index is 4.38. The van der Waals surface area contributed by atoms with Crippen LogP contribution in [0.4, 0.5) is 5.95 Å². The first kappa shape index (κ1) is 10.1. The van der Waals surface area contributed by atoms with Gasteiger partial charge in [-0.3, -0.25) is 9.97 Å². The highest BCUT2D eigenvalue weighted by Gasteiger charge is 2.28. The van der Waals surface area contributed by atoms with Gasteiger partial charge in [0.05, 0.1) is 17.9 Å². The number of hydrogen-bond acceptors (Lipinski definition) is 5. The van der Waals surface area contributed by atoms with Gasteiger partial charge in [-0.05, 0) is 18.9 Å². The molecule has 0 radical (unpaired) electrons. The number of anilines is 1. The van der Waals surface area contributed by atoms with Crippen LogP contribution in [-0.2, 0) is 0 Å². The molecule has 5 heteroatoms. The maximum Gasteiger partial charge on any atom is 0.225 e.